The van der Waals surface area contributed by atoms with Crippen molar-refractivity contribution in [2.24, 2.45) is 0 Å². The molecule has 3 aliphatic rings. The van der Waals surface area contributed by atoms with Gasteiger partial charge in [-0.25, -0.2) is 32.2 Å². The molecule has 0 amide bonds. The van der Waals surface area contributed by atoms with Crippen LogP contribution in [0, 0.1) is 11.6 Å². The summed E-state index contributed by atoms with van der Waals surface area (Å²) in [5.41, 5.74) is 1.88. The summed E-state index contributed by atoms with van der Waals surface area (Å²) < 4.78 is 55.9. The van der Waals surface area contributed by atoms with E-state index in [9.17, 15) is 17.6 Å². The first-order valence-electron chi connectivity index (χ1n) is 11.0. The Hall–Kier alpha value is -3.69. The van der Waals surface area contributed by atoms with Crippen LogP contribution in [-0.2, 0) is 5.41 Å². The van der Waals surface area contributed by atoms with E-state index in [1.165, 1.54) is 29.2 Å². The third-order valence-corrected chi connectivity index (χ3v) is 6.94. The summed E-state index contributed by atoms with van der Waals surface area (Å²) in [6, 6.07) is 10.8. The Morgan fingerprint density at radius 1 is 0.971 bits per heavy atom. The monoisotopic (exact) mass is 466 g/mol. The fourth-order valence-electron chi connectivity index (χ4n) is 5.29. The van der Waals surface area contributed by atoms with Crippen LogP contribution < -0.4 is 0 Å². The van der Waals surface area contributed by atoms with E-state index in [4.69, 9.17) is 4.98 Å². The third kappa shape index (κ3) is 3.12. The lowest BCUT2D eigenvalue weighted by molar-refractivity contribution is 0.140. The molecule has 1 fully saturated rings. The summed E-state index contributed by atoms with van der Waals surface area (Å²) in [5, 5.41) is 12.5. The minimum atomic E-state index is -2.77. The minimum Gasteiger partial charge on any atom is -0.233 e. The standard InChI is InChI=1S/C24H18F4N6/c25-15-3-1-4-16(26)20(15)17-11-14-13-7-9-24(10-8-13,21(14)32-31-17)18-5-2-6-19(30-18)34-12-29-23(33-34)22(27)28/h1-6,11-13,22H,7-10H2/t13-,24+. The molecule has 0 saturated heterocycles. The zero-order valence-electron chi connectivity index (χ0n) is 17.8. The molecule has 3 aliphatic carbocycles. The molecule has 0 unspecified atom stereocenters. The van der Waals surface area contributed by atoms with Gasteiger partial charge in [0.2, 0.25) is 5.82 Å². The molecular weight excluding hydrogens is 448 g/mol. The van der Waals surface area contributed by atoms with Crippen molar-refractivity contribution in [2.75, 3.05) is 0 Å². The smallest absolute Gasteiger partial charge is 0.233 e. The zero-order valence-corrected chi connectivity index (χ0v) is 17.8. The minimum absolute atomic E-state index is 0.168. The van der Waals surface area contributed by atoms with Gasteiger partial charge in [-0.2, -0.15) is 5.10 Å². The molecule has 0 N–H and O–H groups in total. The number of rotatable bonds is 4. The number of pyridine rings is 1. The number of hydrogen-bond acceptors (Lipinski definition) is 5. The van der Waals surface area contributed by atoms with Crippen molar-refractivity contribution in [3.63, 3.8) is 0 Å². The van der Waals surface area contributed by atoms with Crippen LogP contribution in [0.5, 0.6) is 0 Å². The van der Waals surface area contributed by atoms with E-state index in [1.54, 1.807) is 18.2 Å². The number of nitrogens with zero attached hydrogens (tertiary/aromatic N) is 6. The first-order valence-corrected chi connectivity index (χ1v) is 11.0. The molecule has 0 spiro atoms. The van der Waals surface area contributed by atoms with E-state index in [-0.39, 0.29) is 17.2 Å². The van der Waals surface area contributed by atoms with Crippen LogP contribution in [-0.4, -0.2) is 29.9 Å². The highest BCUT2D eigenvalue weighted by Gasteiger charge is 2.48. The van der Waals surface area contributed by atoms with Crippen molar-refractivity contribution in [3.05, 3.63) is 83.2 Å². The third-order valence-electron chi connectivity index (χ3n) is 6.94. The number of fused-ring (bicyclic) bond motifs is 2. The molecule has 1 saturated carbocycles. The Morgan fingerprint density at radius 2 is 1.71 bits per heavy atom. The van der Waals surface area contributed by atoms with Crippen LogP contribution in [0.15, 0.2) is 48.8 Å². The number of halogens is 4. The lowest BCUT2D eigenvalue weighted by Crippen LogP contribution is -2.41. The summed E-state index contributed by atoms with van der Waals surface area (Å²) >= 11 is 0. The van der Waals surface area contributed by atoms with Crippen molar-refractivity contribution in [1.29, 1.82) is 0 Å². The Morgan fingerprint density at radius 3 is 2.41 bits per heavy atom. The molecule has 0 atom stereocenters. The van der Waals surface area contributed by atoms with Crippen LogP contribution in [0.4, 0.5) is 17.6 Å². The fraction of sp³-hybridized carbons (Fsp3) is 0.292. The average Bonchev–Trinajstić information content (AvgIpc) is 3.36. The molecule has 172 valence electrons. The molecule has 1 aromatic carbocycles. The molecular formula is C24H18F4N6. The number of aromatic nitrogens is 6. The molecule has 3 aromatic heterocycles. The highest BCUT2D eigenvalue weighted by Crippen LogP contribution is 2.55. The Balaban J connectivity index is 1.45. The first kappa shape index (κ1) is 20.9. The van der Waals surface area contributed by atoms with Crippen molar-refractivity contribution >= 4 is 0 Å². The predicted octanol–water partition coefficient (Wildman–Crippen LogP) is 5.29. The fourth-order valence-corrected chi connectivity index (χ4v) is 5.29. The lowest BCUT2D eigenvalue weighted by Gasteiger charge is -2.46. The van der Waals surface area contributed by atoms with E-state index in [0.29, 0.717) is 5.82 Å². The van der Waals surface area contributed by atoms with Crippen molar-refractivity contribution in [3.8, 4) is 17.1 Å². The van der Waals surface area contributed by atoms with Gasteiger partial charge >= 0.3 is 0 Å². The molecule has 0 aliphatic heterocycles. The molecule has 10 heteroatoms. The Kier molecular flexibility index (Phi) is 4.72. The maximum Gasteiger partial charge on any atom is 0.299 e. The molecule has 7 rings (SSSR count). The van der Waals surface area contributed by atoms with Crippen LogP contribution in [0.25, 0.3) is 17.1 Å². The highest BCUT2D eigenvalue weighted by atomic mass is 19.3. The van der Waals surface area contributed by atoms with E-state index >= 15 is 0 Å². The number of alkyl halides is 2. The van der Waals surface area contributed by atoms with Gasteiger partial charge in [0.15, 0.2) is 5.82 Å². The van der Waals surface area contributed by atoms with E-state index in [0.717, 1.165) is 42.6 Å². The molecule has 6 nitrogen and oxygen atoms in total. The van der Waals surface area contributed by atoms with Gasteiger partial charge in [0, 0.05) is 0 Å². The first-order chi connectivity index (χ1) is 16.5. The zero-order chi connectivity index (χ0) is 23.4. The second-order valence-corrected chi connectivity index (χ2v) is 8.72. The van der Waals surface area contributed by atoms with Crippen LogP contribution >= 0.6 is 0 Å². The van der Waals surface area contributed by atoms with Gasteiger partial charge in [-0.3, -0.25) is 0 Å². The van der Waals surface area contributed by atoms with E-state index in [1.807, 2.05) is 6.07 Å². The molecule has 4 aromatic rings. The summed E-state index contributed by atoms with van der Waals surface area (Å²) in [5.74, 6) is -1.33. The van der Waals surface area contributed by atoms with Crippen molar-refractivity contribution in [2.45, 2.75) is 43.4 Å². The Bertz CT molecular complexity index is 1370. The highest BCUT2D eigenvalue weighted by molar-refractivity contribution is 5.62. The maximum absolute atomic E-state index is 14.4. The van der Waals surface area contributed by atoms with Crippen molar-refractivity contribution in [1.82, 2.24) is 29.9 Å². The van der Waals surface area contributed by atoms with Gasteiger partial charge in [-0.05, 0) is 67.5 Å². The van der Waals surface area contributed by atoms with Gasteiger partial charge in [-0.1, -0.05) is 12.1 Å². The summed E-state index contributed by atoms with van der Waals surface area (Å²) in [6.07, 6.45) is 1.79. The van der Waals surface area contributed by atoms with Crippen LogP contribution in [0.2, 0.25) is 0 Å². The molecule has 34 heavy (non-hydrogen) atoms. The van der Waals surface area contributed by atoms with Crippen LogP contribution in [0.3, 0.4) is 0 Å². The van der Waals surface area contributed by atoms with E-state index in [2.05, 4.69) is 20.3 Å². The lowest BCUT2D eigenvalue weighted by atomic mass is 9.58. The van der Waals surface area contributed by atoms with E-state index < -0.39 is 29.3 Å². The largest absolute Gasteiger partial charge is 0.299 e. The van der Waals surface area contributed by atoms with Crippen LogP contribution in [0.1, 0.15) is 60.8 Å². The number of hydrogen-bond donors (Lipinski definition) is 0. The Labute approximate surface area is 191 Å². The number of benzene rings is 1. The van der Waals surface area contributed by atoms with Gasteiger partial charge in [0.25, 0.3) is 6.43 Å². The topological polar surface area (TPSA) is 69.4 Å². The predicted molar refractivity (Wildman–Crippen MR) is 113 cm³/mol. The average molecular weight is 466 g/mol. The molecule has 2 bridgehead atoms. The maximum atomic E-state index is 14.4. The summed E-state index contributed by atoms with van der Waals surface area (Å²) in [6.45, 7) is 0. The molecule has 3 heterocycles. The van der Waals surface area contributed by atoms with Gasteiger partial charge in [0.05, 0.1) is 28.1 Å². The second kappa shape index (κ2) is 7.68. The summed E-state index contributed by atoms with van der Waals surface area (Å²) in [4.78, 5) is 8.39. The van der Waals surface area contributed by atoms with Gasteiger partial charge < -0.3 is 0 Å². The van der Waals surface area contributed by atoms with Crippen molar-refractivity contribution < 1.29 is 17.6 Å². The van der Waals surface area contributed by atoms with Gasteiger partial charge in [-0.15, -0.1) is 10.2 Å². The van der Waals surface area contributed by atoms with Gasteiger partial charge in [0.1, 0.15) is 18.0 Å². The molecule has 0 radical (unpaired) electrons. The SMILES string of the molecule is Fc1cccc(F)c1-c1cc2c(nn1)[C@]1(c3cccc(-n4cnc(C(F)F)n4)n3)CC[C@H]2CC1. The quantitative estimate of drug-likeness (QED) is 0.382. The summed E-state index contributed by atoms with van der Waals surface area (Å²) in [7, 11) is 0. The second-order valence-electron chi connectivity index (χ2n) is 8.72. The normalized spacial score (nSPS) is 21.1.